The number of piperidine rings is 1. The van der Waals surface area contributed by atoms with Gasteiger partial charge in [-0.1, -0.05) is 11.6 Å². The molecule has 132 valence electrons. The fourth-order valence-corrected chi connectivity index (χ4v) is 3.21. The minimum Gasteiger partial charge on any atom is -0.493 e. The van der Waals surface area contributed by atoms with Gasteiger partial charge in [0.05, 0.1) is 17.2 Å². The summed E-state index contributed by atoms with van der Waals surface area (Å²) >= 11 is 5.99. The van der Waals surface area contributed by atoms with Crippen LogP contribution in [-0.4, -0.2) is 35.5 Å². The van der Waals surface area contributed by atoms with Crippen molar-refractivity contribution in [1.29, 1.82) is 0 Å². The zero-order valence-electron chi connectivity index (χ0n) is 14.0. The molecule has 1 amide bonds. The van der Waals surface area contributed by atoms with Crippen LogP contribution in [0.3, 0.4) is 0 Å². The van der Waals surface area contributed by atoms with Gasteiger partial charge in [0.1, 0.15) is 11.6 Å². The summed E-state index contributed by atoms with van der Waals surface area (Å²) in [6.45, 7) is 3.89. The van der Waals surface area contributed by atoms with E-state index in [9.17, 15) is 9.18 Å². The number of carbonyl (C=O) groups excluding carboxylic acids is 1. The predicted molar refractivity (Wildman–Crippen MR) is 94.5 cm³/mol. The zero-order chi connectivity index (χ0) is 17.8. The summed E-state index contributed by atoms with van der Waals surface area (Å²) in [6.07, 6.45) is 5.24. The van der Waals surface area contributed by atoms with E-state index in [1.54, 1.807) is 17.3 Å². The largest absolute Gasteiger partial charge is 0.493 e. The molecule has 1 aliphatic heterocycles. The van der Waals surface area contributed by atoms with Crippen molar-refractivity contribution in [2.75, 3.05) is 19.7 Å². The van der Waals surface area contributed by atoms with Gasteiger partial charge in [0.15, 0.2) is 0 Å². The van der Waals surface area contributed by atoms with E-state index in [2.05, 4.69) is 4.98 Å². The number of pyridine rings is 1. The van der Waals surface area contributed by atoms with Crippen molar-refractivity contribution in [2.45, 2.75) is 19.8 Å². The van der Waals surface area contributed by atoms with Gasteiger partial charge in [-0.3, -0.25) is 9.78 Å². The van der Waals surface area contributed by atoms with Crippen LogP contribution in [0.2, 0.25) is 5.02 Å². The fourth-order valence-electron chi connectivity index (χ4n) is 2.97. The van der Waals surface area contributed by atoms with E-state index in [1.165, 1.54) is 18.2 Å². The molecular formula is C19H20ClFN2O2. The first-order chi connectivity index (χ1) is 12.0. The van der Waals surface area contributed by atoms with Gasteiger partial charge in [0.25, 0.3) is 5.91 Å². The first-order valence-electron chi connectivity index (χ1n) is 8.32. The van der Waals surface area contributed by atoms with Crippen LogP contribution >= 0.6 is 11.6 Å². The second kappa shape index (κ2) is 7.83. The smallest absolute Gasteiger partial charge is 0.255 e. The topological polar surface area (TPSA) is 42.4 Å². The summed E-state index contributed by atoms with van der Waals surface area (Å²) in [5, 5.41) is 0.156. The van der Waals surface area contributed by atoms with Gasteiger partial charge in [-0.25, -0.2) is 4.39 Å². The maximum atomic E-state index is 13.1. The maximum Gasteiger partial charge on any atom is 0.255 e. The predicted octanol–water partition coefficient (Wildman–Crippen LogP) is 4.11. The zero-order valence-corrected chi connectivity index (χ0v) is 14.8. The Morgan fingerprint density at radius 2 is 2.12 bits per heavy atom. The average Bonchev–Trinajstić information content (AvgIpc) is 2.61. The molecule has 4 nitrogen and oxygen atoms in total. The Bertz CT molecular complexity index is 761. The van der Waals surface area contributed by atoms with E-state index in [0.29, 0.717) is 31.2 Å². The van der Waals surface area contributed by atoms with Crippen LogP contribution in [0.15, 0.2) is 36.7 Å². The van der Waals surface area contributed by atoms with Crippen LogP contribution in [0.1, 0.15) is 28.8 Å². The average molecular weight is 363 g/mol. The molecule has 1 fully saturated rings. The van der Waals surface area contributed by atoms with Crippen molar-refractivity contribution >= 4 is 17.5 Å². The minimum atomic E-state index is -0.441. The third-order valence-electron chi connectivity index (χ3n) is 4.51. The van der Waals surface area contributed by atoms with E-state index >= 15 is 0 Å². The molecule has 0 bridgehead atoms. The van der Waals surface area contributed by atoms with Gasteiger partial charge in [0.2, 0.25) is 0 Å². The number of likely N-dealkylation sites (tertiary alicyclic amines) is 1. The third kappa shape index (κ3) is 4.28. The maximum absolute atomic E-state index is 13.1. The SMILES string of the molecule is Cc1cnccc1OCC1CCN(C(=O)c2ccc(F)cc2Cl)CC1. The second-order valence-electron chi connectivity index (χ2n) is 6.31. The first kappa shape index (κ1) is 17.7. The number of carbonyl (C=O) groups is 1. The van der Waals surface area contributed by atoms with Crippen LogP contribution in [-0.2, 0) is 0 Å². The molecule has 6 heteroatoms. The monoisotopic (exact) mass is 362 g/mol. The van der Waals surface area contributed by atoms with Gasteiger partial charge >= 0.3 is 0 Å². The summed E-state index contributed by atoms with van der Waals surface area (Å²) in [5.74, 6) is 0.671. The highest BCUT2D eigenvalue weighted by molar-refractivity contribution is 6.33. The highest BCUT2D eigenvalue weighted by atomic mass is 35.5. The molecule has 0 spiro atoms. The number of halogens is 2. The Labute approximate surface area is 151 Å². The number of hydrogen-bond acceptors (Lipinski definition) is 3. The first-order valence-corrected chi connectivity index (χ1v) is 8.70. The van der Waals surface area contributed by atoms with Crippen LogP contribution in [0, 0.1) is 18.7 Å². The molecule has 0 atom stereocenters. The van der Waals surface area contributed by atoms with E-state index in [-0.39, 0.29) is 10.9 Å². The van der Waals surface area contributed by atoms with E-state index in [4.69, 9.17) is 16.3 Å². The van der Waals surface area contributed by atoms with Crippen LogP contribution in [0.25, 0.3) is 0 Å². The lowest BCUT2D eigenvalue weighted by atomic mass is 9.97. The normalized spacial score (nSPS) is 15.2. The molecule has 0 N–H and O–H groups in total. The highest BCUT2D eigenvalue weighted by Gasteiger charge is 2.25. The molecule has 1 aliphatic rings. The Balaban J connectivity index is 1.53. The summed E-state index contributed by atoms with van der Waals surface area (Å²) in [5.41, 5.74) is 1.37. The molecule has 3 rings (SSSR count). The molecule has 0 unspecified atom stereocenters. The van der Waals surface area contributed by atoms with Crippen LogP contribution in [0.4, 0.5) is 4.39 Å². The lowest BCUT2D eigenvalue weighted by Crippen LogP contribution is -2.39. The van der Waals surface area contributed by atoms with Crippen molar-refractivity contribution < 1.29 is 13.9 Å². The Morgan fingerprint density at radius 1 is 1.36 bits per heavy atom. The number of aromatic nitrogens is 1. The standard InChI is InChI=1S/C19H20ClFN2O2/c1-13-11-22-7-4-18(13)25-12-14-5-8-23(9-6-14)19(24)16-3-2-15(21)10-17(16)20/h2-4,7,10-11,14H,5-6,8-9,12H2,1H3. The summed E-state index contributed by atoms with van der Waals surface area (Å²) < 4.78 is 19.0. The molecule has 0 saturated carbocycles. The molecule has 0 aliphatic carbocycles. The van der Waals surface area contributed by atoms with Gasteiger partial charge in [0, 0.05) is 31.0 Å². The number of aryl methyl sites for hydroxylation is 1. The Kier molecular flexibility index (Phi) is 5.53. The Hall–Kier alpha value is -2.14. The van der Waals surface area contributed by atoms with Crippen molar-refractivity contribution in [3.8, 4) is 5.75 Å². The summed E-state index contributed by atoms with van der Waals surface area (Å²) in [6, 6.07) is 5.75. The number of hydrogen-bond donors (Lipinski definition) is 0. The molecule has 2 aromatic rings. The van der Waals surface area contributed by atoms with E-state index in [0.717, 1.165) is 24.2 Å². The molecular weight excluding hydrogens is 343 g/mol. The van der Waals surface area contributed by atoms with Crippen molar-refractivity contribution in [3.05, 3.63) is 58.6 Å². The highest BCUT2D eigenvalue weighted by Crippen LogP contribution is 2.24. The number of rotatable bonds is 4. The Morgan fingerprint density at radius 3 is 2.80 bits per heavy atom. The molecule has 1 aromatic carbocycles. The number of amides is 1. The quantitative estimate of drug-likeness (QED) is 0.821. The summed E-state index contributed by atoms with van der Waals surface area (Å²) in [4.78, 5) is 18.4. The molecule has 25 heavy (non-hydrogen) atoms. The molecule has 1 saturated heterocycles. The summed E-state index contributed by atoms with van der Waals surface area (Å²) in [7, 11) is 0. The number of ether oxygens (including phenoxy) is 1. The van der Waals surface area contributed by atoms with Crippen LogP contribution < -0.4 is 4.74 Å². The van der Waals surface area contributed by atoms with E-state index < -0.39 is 5.82 Å². The van der Waals surface area contributed by atoms with Crippen molar-refractivity contribution in [3.63, 3.8) is 0 Å². The fraction of sp³-hybridized carbons (Fsp3) is 0.368. The second-order valence-corrected chi connectivity index (χ2v) is 6.72. The van der Waals surface area contributed by atoms with E-state index in [1.807, 2.05) is 13.0 Å². The number of nitrogens with zero attached hydrogens (tertiary/aromatic N) is 2. The molecule has 0 radical (unpaired) electrons. The lowest BCUT2D eigenvalue weighted by Gasteiger charge is -2.32. The third-order valence-corrected chi connectivity index (χ3v) is 4.82. The molecule has 2 heterocycles. The lowest BCUT2D eigenvalue weighted by molar-refractivity contribution is 0.0661. The van der Waals surface area contributed by atoms with Gasteiger partial charge in [-0.15, -0.1) is 0 Å². The van der Waals surface area contributed by atoms with Crippen LogP contribution in [0.5, 0.6) is 5.75 Å². The van der Waals surface area contributed by atoms with Gasteiger partial charge in [-0.05, 0) is 49.9 Å². The van der Waals surface area contributed by atoms with Crippen molar-refractivity contribution in [2.24, 2.45) is 5.92 Å². The van der Waals surface area contributed by atoms with Crippen molar-refractivity contribution in [1.82, 2.24) is 9.88 Å². The minimum absolute atomic E-state index is 0.144. The number of benzene rings is 1. The van der Waals surface area contributed by atoms with Gasteiger partial charge < -0.3 is 9.64 Å². The van der Waals surface area contributed by atoms with Gasteiger partial charge in [-0.2, -0.15) is 0 Å². The molecule has 1 aromatic heterocycles.